The molecule has 0 N–H and O–H groups in total. The molecule has 3 rings (SSSR count). The van der Waals surface area contributed by atoms with Crippen LogP contribution in [0.25, 0.3) is 16.6 Å². The Morgan fingerprint density at radius 1 is 1.26 bits per heavy atom. The van der Waals surface area contributed by atoms with Crippen LogP contribution < -0.4 is 4.74 Å². The minimum atomic E-state index is -0.475. The average molecular weight is 385 g/mol. The van der Waals surface area contributed by atoms with Crippen LogP contribution in [0.3, 0.4) is 0 Å². The molecule has 3 aromatic rings. The molecule has 0 fully saturated rings. The number of esters is 1. The summed E-state index contributed by atoms with van der Waals surface area (Å²) in [5.41, 5.74) is 2.35. The van der Waals surface area contributed by atoms with Crippen molar-refractivity contribution in [3.05, 3.63) is 58.7 Å². The standard InChI is InChI=1S/C20H17ClN2O4/c1-3-26-20(24)16-6-5-15(9-19(16)27-12-25-2)23-11-13(10-22)17-8-14(21)4-7-18(17)23/h4-9,11H,3,12H2,1-2H3. The SMILES string of the molecule is CCOC(=O)c1ccc(-n2cc(C#N)c3cc(Cl)ccc32)cc1OCOC. The molecule has 0 radical (unpaired) electrons. The highest BCUT2D eigenvalue weighted by atomic mass is 35.5. The van der Waals surface area contributed by atoms with E-state index >= 15 is 0 Å². The number of carbonyl (C=O) groups is 1. The fraction of sp³-hybridized carbons (Fsp3) is 0.200. The lowest BCUT2D eigenvalue weighted by atomic mass is 10.1. The van der Waals surface area contributed by atoms with Crippen LogP contribution >= 0.6 is 11.6 Å². The van der Waals surface area contributed by atoms with Crippen LogP contribution in [0.15, 0.2) is 42.6 Å². The van der Waals surface area contributed by atoms with Gasteiger partial charge < -0.3 is 18.8 Å². The molecule has 1 heterocycles. The first-order valence-corrected chi connectivity index (χ1v) is 8.60. The van der Waals surface area contributed by atoms with E-state index in [-0.39, 0.29) is 13.4 Å². The van der Waals surface area contributed by atoms with E-state index in [0.717, 1.165) is 16.6 Å². The van der Waals surface area contributed by atoms with Gasteiger partial charge >= 0.3 is 5.97 Å². The van der Waals surface area contributed by atoms with Gasteiger partial charge in [0.25, 0.3) is 0 Å². The van der Waals surface area contributed by atoms with Gasteiger partial charge in [0.05, 0.1) is 17.7 Å². The average Bonchev–Trinajstić information content (AvgIpc) is 3.04. The summed E-state index contributed by atoms with van der Waals surface area (Å²) in [7, 11) is 1.50. The third kappa shape index (κ3) is 3.75. The Morgan fingerprint density at radius 2 is 2.07 bits per heavy atom. The molecule has 0 unspecified atom stereocenters. The van der Waals surface area contributed by atoms with Gasteiger partial charge in [0, 0.05) is 35.5 Å². The number of nitriles is 1. The molecule has 27 heavy (non-hydrogen) atoms. The predicted octanol–water partition coefficient (Wildman–Crippen LogP) is 4.31. The molecular formula is C20H17ClN2O4. The molecule has 0 atom stereocenters. The molecule has 0 bridgehead atoms. The summed E-state index contributed by atoms with van der Waals surface area (Å²) in [6, 6.07) is 12.6. The fourth-order valence-electron chi connectivity index (χ4n) is 2.79. The molecular weight excluding hydrogens is 368 g/mol. The second-order valence-corrected chi connectivity index (χ2v) is 6.07. The Bertz CT molecular complexity index is 1040. The molecule has 0 aliphatic carbocycles. The van der Waals surface area contributed by atoms with Gasteiger partial charge in [-0.15, -0.1) is 0 Å². The van der Waals surface area contributed by atoms with Crippen molar-refractivity contribution in [3.63, 3.8) is 0 Å². The summed E-state index contributed by atoms with van der Waals surface area (Å²) >= 11 is 6.07. The van der Waals surface area contributed by atoms with Gasteiger partial charge in [0.1, 0.15) is 17.4 Å². The zero-order valence-corrected chi connectivity index (χ0v) is 15.6. The van der Waals surface area contributed by atoms with Crippen molar-refractivity contribution in [2.45, 2.75) is 6.92 Å². The Kier molecular flexibility index (Phi) is 5.65. The molecule has 0 aliphatic rings. The molecule has 7 heteroatoms. The molecule has 2 aromatic carbocycles. The minimum absolute atomic E-state index is 0.0126. The summed E-state index contributed by atoms with van der Waals surface area (Å²) in [6.07, 6.45) is 1.72. The van der Waals surface area contributed by atoms with Crippen molar-refractivity contribution in [2.75, 3.05) is 20.5 Å². The van der Waals surface area contributed by atoms with Crippen molar-refractivity contribution in [1.29, 1.82) is 5.26 Å². The molecule has 6 nitrogen and oxygen atoms in total. The topological polar surface area (TPSA) is 73.5 Å². The number of aromatic nitrogens is 1. The van der Waals surface area contributed by atoms with Gasteiger partial charge in [-0.25, -0.2) is 4.79 Å². The van der Waals surface area contributed by atoms with E-state index < -0.39 is 5.97 Å². The number of methoxy groups -OCH3 is 1. The van der Waals surface area contributed by atoms with E-state index in [4.69, 9.17) is 25.8 Å². The lowest BCUT2D eigenvalue weighted by molar-refractivity contribution is 0.0438. The van der Waals surface area contributed by atoms with Gasteiger partial charge in [0.15, 0.2) is 6.79 Å². The van der Waals surface area contributed by atoms with Crippen LogP contribution in [0, 0.1) is 11.3 Å². The Labute approximate surface area is 161 Å². The number of ether oxygens (including phenoxy) is 3. The molecule has 0 aliphatic heterocycles. The smallest absolute Gasteiger partial charge is 0.341 e. The van der Waals surface area contributed by atoms with E-state index in [0.29, 0.717) is 21.9 Å². The first kappa shape index (κ1) is 18.8. The maximum Gasteiger partial charge on any atom is 0.341 e. The summed E-state index contributed by atoms with van der Waals surface area (Å²) in [4.78, 5) is 12.2. The van der Waals surface area contributed by atoms with E-state index in [1.807, 2.05) is 10.6 Å². The van der Waals surface area contributed by atoms with Crippen molar-refractivity contribution in [2.24, 2.45) is 0 Å². The first-order valence-electron chi connectivity index (χ1n) is 8.23. The molecule has 1 aromatic heterocycles. The number of fused-ring (bicyclic) bond motifs is 1. The lowest BCUT2D eigenvalue weighted by Crippen LogP contribution is -2.10. The normalized spacial score (nSPS) is 10.6. The minimum Gasteiger partial charge on any atom is -0.467 e. The summed E-state index contributed by atoms with van der Waals surface area (Å²) < 4.78 is 17.4. The van der Waals surface area contributed by atoms with Gasteiger partial charge in [0.2, 0.25) is 0 Å². The number of carbonyl (C=O) groups excluding carboxylic acids is 1. The van der Waals surface area contributed by atoms with Crippen molar-refractivity contribution < 1.29 is 19.0 Å². The monoisotopic (exact) mass is 384 g/mol. The van der Waals surface area contributed by atoms with Crippen molar-refractivity contribution in [1.82, 2.24) is 4.57 Å². The zero-order valence-electron chi connectivity index (χ0n) is 14.9. The third-order valence-electron chi connectivity index (χ3n) is 3.96. The summed E-state index contributed by atoms with van der Waals surface area (Å²) in [5.74, 6) is -0.140. The molecule has 0 saturated carbocycles. The van der Waals surface area contributed by atoms with Crippen LogP contribution in [0.4, 0.5) is 0 Å². The predicted molar refractivity (Wildman–Crippen MR) is 101 cm³/mol. The Hall–Kier alpha value is -3.01. The van der Waals surface area contributed by atoms with Crippen LogP contribution in [-0.2, 0) is 9.47 Å². The maximum absolute atomic E-state index is 12.2. The van der Waals surface area contributed by atoms with E-state index in [1.54, 1.807) is 43.5 Å². The number of benzene rings is 2. The van der Waals surface area contributed by atoms with Crippen LogP contribution in [0.5, 0.6) is 5.75 Å². The molecule has 0 amide bonds. The number of halogens is 1. The van der Waals surface area contributed by atoms with Crippen molar-refractivity contribution >= 4 is 28.5 Å². The Morgan fingerprint density at radius 3 is 2.78 bits per heavy atom. The van der Waals surface area contributed by atoms with E-state index in [1.165, 1.54) is 7.11 Å². The highest BCUT2D eigenvalue weighted by Gasteiger charge is 2.17. The van der Waals surface area contributed by atoms with E-state index in [9.17, 15) is 10.1 Å². The summed E-state index contributed by atoms with van der Waals surface area (Å²) in [5, 5.41) is 10.7. The highest BCUT2D eigenvalue weighted by Crippen LogP contribution is 2.30. The summed E-state index contributed by atoms with van der Waals surface area (Å²) in [6.45, 7) is 1.99. The highest BCUT2D eigenvalue weighted by molar-refractivity contribution is 6.31. The fourth-order valence-corrected chi connectivity index (χ4v) is 2.96. The van der Waals surface area contributed by atoms with E-state index in [2.05, 4.69) is 6.07 Å². The van der Waals surface area contributed by atoms with Gasteiger partial charge in [-0.3, -0.25) is 0 Å². The van der Waals surface area contributed by atoms with Gasteiger partial charge in [-0.2, -0.15) is 5.26 Å². The quantitative estimate of drug-likeness (QED) is 0.467. The molecule has 138 valence electrons. The van der Waals surface area contributed by atoms with Crippen LogP contribution in [-0.4, -0.2) is 31.0 Å². The Balaban J connectivity index is 2.13. The zero-order chi connectivity index (χ0) is 19.4. The largest absolute Gasteiger partial charge is 0.467 e. The number of hydrogen-bond acceptors (Lipinski definition) is 5. The van der Waals surface area contributed by atoms with Crippen LogP contribution in [0.1, 0.15) is 22.8 Å². The third-order valence-corrected chi connectivity index (χ3v) is 4.19. The number of nitrogens with zero attached hydrogens (tertiary/aromatic N) is 2. The molecule has 0 saturated heterocycles. The number of rotatable bonds is 6. The first-order chi connectivity index (χ1) is 13.1. The van der Waals surface area contributed by atoms with Crippen LogP contribution in [0.2, 0.25) is 5.02 Å². The maximum atomic E-state index is 12.2. The van der Waals surface area contributed by atoms with Gasteiger partial charge in [-0.05, 0) is 37.3 Å². The lowest BCUT2D eigenvalue weighted by Gasteiger charge is -2.13. The van der Waals surface area contributed by atoms with Crippen molar-refractivity contribution in [3.8, 4) is 17.5 Å². The second kappa shape index (κ2) is 8.12. The molecule has 0 spiro atoms. The van der Waals surface area contributed by atoms with Gasteiger partial charge in [-0.1, -0.05) is 11.6 Å². The second-order valence-electron chi connectivity index (χ2n) is 5.64. The number of hydrogen-bond donors (Lipinski definition) is 0.